The van der Waals surface area contributed by atoms with Crippen LogP contribution in [0.15, 0.2) is 36.4 Å². The lowest BCUT2D eigenvalue weighted by atomic mass is 10.2. The molecule has 0 radical (unpaired) electrons. The average Bonchev–Trinajstić information content (AvgIpc) is 2.75. The van der Waals surface area contributed by atoms with E-state index >= 15 is 0 Å². The van der Waals surface area contributed by atoms with Crippen LogP contribution < -0.4 is 0 Å². The minimum absolute atomic E-state index is 0.708. The van der Waals surface area contributed by atoms with Gasteiger partial charge in [0.15, 0.2) is 8.84 Å². The number of hydrogen-bond acceptors (Lipinski definition) is 4. The van der Waals surface area contributed by atoms with E-state index < -0.39 is 0 Å². The maximum absolute atomic E-state index is 4.54. The molecule has 0 bridgehead atoms. The molecule has 0 saturated carbocycles. The third-order valence-electron chi connectivity index (χ3n) is 2.23. The zero-order valence-electron chi connectivity index (χ0n) is 8.09. The lowest BCUT2D eigenvalue weighted by Gasteiger charge is -1.98. The predicted molar refractivity (Wildman–Crippen MR) is 73.4 cm³/mol. The number of para-hydroxylation sites is 1. The molecule has 0 unspecified atom stereocenters. The first-order valence-corrected chi connectivity index (χ1v) is 6.53. The molecule has 16 heavy (non-hydrogen) atoms. The Morgan fingerprint density at radius 1 is 1.00 bits per heavy atom. The van der Waals surface area contributed by atoms with Crippen LogP contribution in [0, 0.1) is 3.01 Å². The van der Waals surface area contributed by atoms with Crippen molar-refractivity contribution in [2.75, 3.05) is 0 Å². The van der Waals surface area contributed by atoms with Gasteiger partial charge in [0.25, 0.3) is 0 Å². The molecule has 78 valence electrons. The molecule has 0 aliphatic carbocycles. The van der Waals surface area contributed by atoms with Crippen molar-refractivity contribution in [3.63, 3.8) is 0 Å². The van der Waals surface area contributed by atoms with Gasteiger partial charge >= 0.3 is 0 Å². The number of pyridine rings is 1. The van der Waals surface area contributed by atoms with E-state index in [0.717, 1.165) is 19.6 Å². The molecule has 0 atom stereocenters. The minimum Gasteiger partial charge on any atom is -0.244 e. The van der Waals surface area contributed by atoms with E-state index in [9.17, 15) is 0 Å². The van der Waals surface area contributed by atoms with Crippen LogP contribution in [0.4, 0.5) is 0 Å². The molecule has 5 heteroatoms. The summed E-state index contributed by atoms with van der Waals surface area (Å²) in [6, 6.07) is 12.0. The summed E-state index contributed by atoms with van der Waals surface area (Å²) < 4.78 is 5.19. The Labute approximate surface area is 110 Å². The normalized spacial score (nSPS) is 10.8. The maximum Gasteiger partial charge on any atom is 0.192 e. The number of halogens is 1. The van der Waals surface area contributed by atoms with Crippen molar-refractivity contribution >= 4 is 45.0 Å². The first-order valence-electron chi connectivity index (χ1n) is 4.68. The number of hydrogen-bond donors (Lipinski definition) is 0. The number of benzene rings is 1. The summed E-state index contributed by atoms with van der Waals surface area (Å²) in [7, 11) is 0. The van der Waals surface area contributed by atoms with Crippen LogP contribution in [-0.2, 0) is 0 Å². The van der Waals surface area contributed by atoms with E-state index in [0.29, 0.717) is 5.82 Å². The summed E-state index contributed by atoms with van der Waals surface area (Å²) in [4.78, 5) is 8.86. The average molecular weight is 339 g/mol. The number of fused-ring (bicyclic) bond motifs is 1. The Morgan fingerprint density at radius 3 is 2.69 bits per heavy atom. The molecule has 0 amide bonds. The van der Waals surface area contributed by atoms with Gasteiger partial charge in [0.2, 0.25) is 0 Å². The highest BCUT2D eigenvalue weighted by molar-refractivity contribution is 14.1. The number of rotatable bonds is 1. The summed E-state index contributed by atoms with van der Waals surface area (Å²) in [5, 5.41) is 1.14. The quantitative estimate of drug-likeness (QED) is 0.638. The van der Waals surface area contributed by atoms with Gasteiger partial charge in [0.1, 0.15) is 5.69 Å². The molecule has 3 rings (SSSR count). The van der Waals surface area contributed by atoms with Gasteiger partial charge in [-0.3, -0.25) is 0 Å². The summed E-state index contributed by atoms with van der Waals surface area (Å²) in [6.07, 6.45) is 0. The second-order valence-corrected chi connectivity index (χ2v) is 5.77. The summed E-state index contributed by atoms with van der Waals surface area (Å²) >= 11 is 3.55. The molecule has 0 N–H and O–H groups in total. The SMILES string of the molecule is Ic1nc(-c2ccc3ccccc3n2)ns1. The highest BCUT2D eigenvalue weighted by atomic mass is 127. The first-order chi connectivity index (χ1) is 7.83. The standard InChI is InChI=1S/C11H6IN3S/c12-11-14-10(15-16-11)9-6-5-7-3-1-2-4-8(7)13-9/h1-6H. The van der Waals surface area contributed by atoms with Gasteiger partial charge in [0.05, 0.1) is 5.52 Å². The van der Waals surface area contributed by atoms with Gasteiger partial charge in [-0.25, -0.2) is 9.97 Å². The van der Waals surface area contributed by atoms with Crippen LogP contribution in [-0.4, -0.2) is 14.3 Å². The van der Waals surface area contributed by atoms with Gasteiger partial charge in [-0.15, -0.1) is 0 Å². The van der Waals surface area contributed by atoms with E-state index in [2.05, 4.69) is 36.9 Å². The van der Waals surface area contributed by atoms with Crippen molar-refractivity contribution < 1.29 is 0 Å². The molecule has 2 aromatic heterocycles. The van der Waals surface area contributed by atoms with E-state index in [4.69, 9.17) is 0 Å². The lowest BCUT2D eigenvalue weighted by Crippen LogP contribution is -1.86. The second kappa shape index (κ2) is 4.06. The minimum atomic E-state index is 0.708. The topological polar surface area (TPSA) is 38.7 Å². The van der Waals surface area contributed by atoms with Crippen LogP contribution in [0.2, 0.25) is 0 Å². The van der Waals surface area contributed by atoms with Gasteiger partial charge in [-0.05, 0) is 46.3 Å². The van der Waals surface area contributed by atoms with Crippen molar-refractivity contribution in [2.45, 2.75) is 0 Å². The van der Waals surface area contributed by atoms with Crippen molar-refractivity contribution in [1.82, 2.24) is 14.3 Å². The Morgan fingerprint density at radius 2 is 1.88 bits per heavy atom. The molecule has 2 heterocycles. The molecular weight excluding hydrogens is 333 g/mol. The number of aromatic nitrogens is 3. The largest absolute Gasteiger partial charge is 0.244 e. The fourth-order valence-corrected chi connectivity index (χ4v) is 2.45. The molecule has 0 spiro atoms. The highest BCUT2D eigenvalue weighted by Gasteiger charge is 2.06. The fourth-order valence-electron chi connectivity index (χ4n) is 1.50. The lowest BCUT2D eigenvalue weighted by molar-refractivity contribution is 1.25. The third kappa shape index (κ3) is 1.80. The second-order valence-electron chi connectivity index (χ2n) is 3.26. The van der Waals surface area contributed by atoms with Crippen molar-refractivity contribution in [2.24, 2.45) is 0 Å². The van der Waals surface area contributed by atoms with Gasteiger partial charge in [-0.1, -0.05) is 24.3 Å². The fraction of sp³-hybridized carbons (Fsp3) is 0. The van der Waals surface area contributed by atoms with Crippen LogP contribution in [0.3, 0.4) is 0 Å². The predicted octanol–water partition coefficient (Wildman–Crippen LogP) is 3.36. The Bertz CT molecular complexity index is 650. The van der Waals surface area contributed by atoms with E-state index in [1.807, 2.05) is 36.4 Å². The van der Waals surface area contributed by atoms with Crippen LogP contribution >= 0.6 is 34.1 Å². The molecule has 0 saturated heterocycles. The summed E-state index contributed by atoms with van der Waals surface area (Å²) in [5.74, 6) is 0.708. The molecule has 3 aromatic rings. The highest BCUT2D eigenvalue weighted by Crippen LogP contribution is 2.20. The smallest absolute Gasteiger partial charge is 0.192 e. The zero-order valence-corrected chi connectivity index (χ0v) is 11.1. The summed E-state index contributed by atoms with van der Waals surface area (Å²) in [5.41, 5.74) is 1.81. The van der Waals surface area contributed by atoms with Gasteiger partial charge < -0.3 is 0 Å². The van der Waals surface area contributed by atoms with E-state index in [1.54, 1.807) is 0 Å². The third-order valence-corrected chi connectivity index (χ3v) is 3.57. The Hall–Kier alpha value is -1.08. The van der Waals surface area contributed by atoms with Crippen molar-refractivity contribution in [3.8, 4) is 11.5 Å². The Balaban J connectivity index is 2.18. The van der Waals surface area contributed by atoms with Crippen molar-refractivity contribution in [3.05, 3.63) is 39.4 Å². The Kier molecular flexibility index (Phi) is 2.56. The van der Waals surface area contributed by atoms with E-state index in [-0.39, 0.29) is 0 Å². The molecule has 3 nitrogen and oxygen atoms in total. The molecule has 0 fully saturated rings. The van der Waals surface area contributed by atoms with Crippen LogP contribution in [0.5, 0.6) is 0 Å². The van der Waals surface area contributed by atoms with E-state index in [1.165, 1.54) is 11.5 Å². The molecule has 1 aromatic carbocycles. The summed E-state index contributed by atoms with van der Waals surface area (Å²) in [6.45, 7) is 0. The maximum atomic E-state index is 4.54. The van der Waals surface area contributed by atoms with Gasteiger partial charge in [-0.2, -0.15) is 4.37 Å². The van der Waals surface area contributed by atoms with Crippen LogP contribution in [0.1, 0.15) is 0 Å². The molecular formula is C11H6IN3S. The molecule has 0 aliphatic rings. The zero-order chi connectivity index (χ0) is 11.0. The number of nitrogens with zero attached hydrogens (tertiary/aromatic N) is 3. The van der Waals surface area contributed by atoms with Crippen LogP contribution in [0.25, 0.3) is 22.4 Å². The first kappa shape index (κ1) is 10.1. The van der Waals surface area contributed by atoms with Gasteiger partial charge in [0, 0.05) is 5.39 Å². The van der Waals surface area contributed by atoms with Crippen molar-refractivity contribution in [1.29, 1.82) is 0 Å². The monoisotopic (exact) mass is 339 g/mol. The molecule has 0 aliphatic heterocycles.